The lowest BCUT2D eigenvalue weighted by Gasteiger charge is -2.45. The van der Waals surface area contributed by atoms with Gasteiger partial charge in [0.2, 0.25) is 5.82 Å². The molecule has 0 amide bonds. The van der Waals surface area contributed by atoms with Crippen LogP contribution in [0.4, 0.5) is 15.9 Å². The summed E-state index contributed by atoms with van der Waals surface area (Å²) in [5.41, 5.74) is 0.637. The third-order valence-electron chi connectivity index (χ3n) is 5.19. The van der Waals surface area contributed by atoms with Gasteiger partial charge in [-0.05, 0) is 57.3 Å². The number of anilines is 2. The molecule has 1 aromatic carbocycles. The van der Waals surface area contributed by atoms with Crippen LogP contribution in [0, 0.1) is 11.2 Å². The first kappa shape index (κ1) is 21.9. The molecule has 0 saturated carbocycles. The number of amidine groups is 1. The summed E-state index contributed by atoms with van der Waals surface area (Å²) >= 11 is 3.10. The van der Waals surface area contributed by atoms with Gasteiger partial charge in [-0.25, -0.2) is 17.4 Å². The zero-order valence-corrected chi connectivity index (χ0v) is 18.9. The molecule has 0 unspecified atom stereocenters. The molecule has 29 heavy (non-hydrogen) atoms. The first-order chi connectivity index (χ1) is 13.3. The minimum Gasteiger partial charge on any atom is -0.363 e. The number of halogens is 2. The minimum absolute atomic E-state index is 0.0887. The van der Waals surface area contributed by atoms with Crippen LogP contribution in [0.3, 0.4) is 0 Å². The molecule has 8 nitrogen and oxygen atoms in total. The van der Waals surface area contributed by atoms with Crippen LogP contribution in [-0.2, 0) is 9.84 Å². The van der Waals surface area contributed by atoms with Gasteiger partial charge in [-0.1, -0.05) is 0 Å². The molecule has 1 fully saturated rings. The third-order valence-corrected chi connectivity index (χ3v) is 9.04. The summed E-state index contributed by atoms with van der Waals surface area (Å²) in [6.45, 7) is 0. The average molecular weight is 480 g/mol. The SMILES string of the molecule is BC1(B)CC(Nc2nonc2C(=N)Nc2ccc(F)c(Br)c2)CC(B)(B)S1(=O)=O. The third kappa shape index (κ3) is 4.11. The number of nitrogens with one attached hydrogen (secondary N) is 3. The van der Waals surface area contributed by atoms with Gasteiger partial charge in [0.25, 0.3) is 0 Å². The van der Waals surface area contributed by atoms with Gasteiger partial charge < -0.3 is 10.6 Å². The van der Waals surface area contributed by atoms with Gasteiger partial charge in [0.05, 0.1) is 4.47 Å². The molecule has 0 bridgehead atoms. The second kappa shape index (κ2) is 7.50. The molecular weight excluding hydrogens is 460 g/mol. The molecular formula is C14H19B4BrFN5O3S. The number of sulfone groups is 1. The second-order valence-electron chi connectivity index (χ2n) is 8.36. The van der Waals surface area contributed by atoms with Crippen LogP contribution in [0.5, 0.6) is 0 Å². The van der Waals surface area contributed by atoms with Crippen molar-refractivity contribution in [2.45, 2.75) is 28.0 Å². The van der Waals surface area contributed by atoms with Crippen molar-refractivity contribution in [3.05, 3.63) is 34.2 Å². The Morgan fingerprint density at radius 1 is 1.24 bits per heavy atom. The Hall–Kier alpha value is -1.75. The van der Waals surface area contributed by atoms with Gasteiger partial charge in [0.15, 0.2) is 11.5 Å². The van der Waals surface area contributed by atoms with Crippen molar-refractivity contribution in [3.8, 4) is 0 Å². The first-order valence-corrected chi connectivity index (χ1v) is 11.3. The molecule has 2 heterocycles. The summed E-state index contributed by atoms with van der Waals surface area (Å²) in [7, 11) is 3.56. The maximum atomic E-state index is 13.4. The van der Waals surface area contributed by atoms with Gasteiger partial charge in [-0.2, -0.15) is 0 Å². The Morgan fingerprint density at radius 3 is 2.45 bits per heavy atom. The fourth-order valence-corrected chi connectivity index (χ4v) is 6.46. The molecule has 0 spiro atoms. The second-order valence-corrected chi connectivity index (χ2v) is 12.4. The van der Waals surface area contributed by atoms with Crippen LogP contribution in [0.15, 0.2) is 27.3 Å². The summed E-state index contributed by atoms with van der Waals surface area (Å²) < 4.78 is 42.2. The standard InChI is InChI=1S/C14H19B4BrFN5O3S/c15-13(16)4-7(5-14(17,18)29(13,26)27)23-12-10(24-28-25-12)11(21)22-6-1-2-9(20)8(19)3-6/h1-3,7H,4-5,15-18H2,(H2,21,22)(H,23,25). The van der Waals surface area contributed by atoms with Crippen LogP contribution in [0.1, 0.15) is 18.5 Å². The summed E-state index contributed by atoms with van der Waals surface area (Å²) in [6.07, 6.45) is 0.771. The molecule has 1 saturated heterocycles. The Labute approximate surface area is 180 Å². The highest BCUT2D eigenvalue weighted by molar-refractivity contribution is 9.10. The van der Waals surface area contributed by atoms with Crippen molar-refractivity contribution in [1.82, 2.24) is 10.3 Å². The molecule has 0 atom stereocenters. The van der Waals surface area contributed by atoms with Crippen molar-refractivity contribution in [1.29, 1.82) is 5.41 Å². The van der Waals surface area contributed by atoms with Crippen molar-refractivity contribution in [3.63, 3.8) is 0 Å². The van der Waals surface area contributed by atoms with Gasteiger partial charge in [0.1, 0.15) is 47.0 Å². The number of benzene rings is 1. The monoisotopic (exact) mass is 479 g/mol. The number of aromatic nitrogens is 2. The van der Waals surface area contributed by atoms with E-state index in [1.54, 1.807) is 31.4 Å². The Kier molecular flexibility index (Phi) is 5.67. The highest BCUT2D eigenvalue weighted by Gasteiger charge is 2.51. The van der Waals surface area contributed by atoms with E-state index < -0.39 is 24.7 Å². The molecule has 2 aromatic rings. The molecule has 0 radical (unpaired) electrons. The zero-order valence-electron chi connectivity index (χ0n) is 16.5. The fourth-order valence-electron chi connectivity index (χ4n) is 3.75. The van der Waals surface area contributed by atoms with Gasteiger partial charge >= 0.3 is 0 Å². The van der Waals surface area contributed by atoms with E-state index in [2.05, 4.69) is 36.9 Å². The summed E-state index contributed by atoms with van der Waals surface area (Å²) in [5, 5.41) is 21.9. The lowest BCUT2D eigenvalue weighted by Crippen LogP contribution is -2.62. The predicted molar refractivity (Wildman–Crippen MR) is 124 cm³/mol. The summed E-state index contributed by atoms with van der Waals surface area (Å²) in [6, 6.07) is 4.07. The topological polar surface area (TPSA) is 121 Å². The van der Waals surface area contributed by atoms with E-state index >= 15 is 0 Å². The van der Waals surface area contributed by atoms with Gasteiger partial charge in [0, 0.05) is 20.8 Å². The normalized spacial score (nSPS) is 20.1. The number of hydrogen-bond acceptors (Lipinski definition) is 7. The fraction of sp³-hybridized carbons (Fsp3) is 0.357. The smallest absolute Gasteiger partial charge is 0.202 e. The first-order valence-electron chi connectivity index (χ1n) is 8.98. The van der Waals surface area contributed by atoms with E-state index in [1.165, 1.54) is 18.2 Å². The van der Waals surface area contributed by atoms with E-state index in [0.717, 1.165) is 0 Å². The Balaban J connectivity index is 1.78. The largest absolute Gasteiger partial charge is 0.363 e. The highest BCUT2D eigenvalue weighted by atomic mass is 79.9. The lowest BCUT2D eigenvalue weighted by atomic mass is 9.60. The van der Waals surface area contributed by atoms with Crippen LogP contribution in [0.25, 0.3) is 0 Å². The summed E-state index contributed by atoms with van der Waals surface area (Å²) in [5.74, 6) is -0.251. The minimum atomic E-state index is -3.31. The maximum absolute atomic E-state index is 13.4. The number of nitrogens with zero attached hydrogens (tertiary/aromatic N) is 2. The van der Waals surface area contributed by atoms with Crippen molar-refractivity contribution in [2.75, 3.05) is 10.6 Å². The van der Waals surface area contributed by atoms with Crippen LogP contribution < -0.4 is 10.6 Å². The Bertz CT molecular complexity index is 1040. The van der Waals surface area contributed by atoms with Crippen LogP contribution in [0.2, 0.25) is 0 Å². The molecule has 3 N–H and O–H groups in total. The van der Waals surface area contributed by atoms with Crippen LogP contribution in [-0.4, -0.2) is 71.1 Å². The maximum Gasteiger partial charge on any atom is 0.202 e. The van der Waals surface area contributed by atoms with E-state index in [9.17, 15) is 12.8 Å². The van der Waals surface area contributed by atoms with E-state index in [4.69, 9.17) is 10.0 Å². The molecule has 1 aromatic heterocycles. The van der Waals surface area contributed by atoms with E-state index in [1.807, 2.05) is 0 Å². The zero-order chi connectivity index (χ0) is 21.6. The molecule has 0 aliphatic carbocycles. The van der Waals surface area contributed by atoms with E-state index in [0.29, 0.717) is 18.5 Å². The van der Waals surface area contributed by atoms with Gasteiger partial charge in [-0.3, -0.25) is 5.41 Å². The molecule has 15 heteroatoms. The van der Waals surface area contributed by atoms with Crippen molar-refractivity contribution < 1.29 is 17.4 Å². The van der Waals surface area contributed by atoms with Crippen molar-refractivity contribution >= 4 is 74.5 Å². The molecule has 1 aliphatic heterocycles. The molecule has 1 aliphatic rings. The molecule has 3 rings (SSSR count). The van der Waals surface area contributed by atoms with E-state index in [-0.39, 0.29) is 27.9 Å². The summed E-state index contributed by atoms with van der Waals surface area (Å²) in [4.78, 5) is 0. The number of rotatable bonds is 4. The molecule has 150 valence electrons. The van der Waals surface area contributed by atoms with Gasteiger partial charge in [-0.15, -0.1) is 0 Å². The quantitative estimate of drug-likeness (QED) is 0.270. The predicted octanol–water partition coefficient (Wildman–Crippen LogP) is -1.76. The Morgan fingerprint density at radius 2 is 1.86 bits per heavy atom. The average Bonchev–Trinajstić information content (AvgIpc) is 3.04. The lowest BCUT2D eigenvalue weighted by molar-refractivity contribution is 0.307. The van der Waals surface area contributed by atoms with Crippen molar-refractivity contribution in [2.24, 2.45) is 0 Å². The number of hydrogen-bond donors (Lipinski definition) is 3. The highest BCUT2D eigenvalue weighted by Crippen LogP contribution is 2.36. The van der Waals surface area contributed by atoms with Crippen LogP contribution >= 0.6 is 15.9 Å².